The summed E-state index contributed by atoms with van der Waals surface area (Å²) in [4.78, 5) is 10.6. The minimum atomic E-state index is -0.453. The number of carbonyl (C=O) groups excluding carboxylic acids is 1. The molecule has 0 aromatic heterocycles. The van der Waals surface area contributed by atoms with Crippen molar-refractivity contribution in [3.63, 3.8) is 0 Å². The number of carbonyl (C=O) groups is 1. The summed E-state index contributed by atoms with van der Waals surface area (Å²) in [6, 6.07) is 4.37. The predicted octanol–water partition coefficient (Wildman–Crippen LogP) is 3.17. The van der Waals surface area contributed by atoms with Crippen molar-refractivity contribution in [1.82, 2.24) is 0 Å². The molecule has 0 spiro atoms. The molecule has 1 unspecified atom stereocenters. The SMILES string of the molecule is CCC(C=O)c1ccc(F)c(Cl)c1. The average Bonchev–Trinajstić information content (AvgIpc) is 2.13. The van der Waals surface area contributed by atoms with Gasteiger partial charge in [0.15, 0.2) is 0 Å². The molecule has 1 nitrogen and oxygen atoms in total. The molecule has 1 aromatic carbocycles. The second kappa shape index (κ2) is 4.38. The topological polar surface area (TPSA) is 17.1 Å². The Balaban J connectivity index is 3.01. The third-order valence-electron chi connectivity index (χ3n) is 1.98. The molecule has 70 valence electrons. The van der Waals surface area contributed by atoms with Gasteiger partial charge in [-0.2, -0.15) is 0 Å². The highest BCUT2D eigenvalue weighted by atomic mass is 35.5. The first-order valence-electron chi connectivity index (χ1n) is 4.09. The van der Waals surface area contributed by atoms with Gasteiger partial charge in [0.25, 0.3) is 0 Å². The molecule has 0 aliphatic heterocycles. The Bertz CT molecular complexity index is 312. The molecule has 0 heterocycles. The summed E-state index contributed by atoms with van der Waals surface area (Å²) >= 11 is 5.58. The van der Waals surface area contributed by atoms with Crippen LogP contribution in [0.15, 0.2) is 18.2 Å². The first-order chi connectivity index (χ1) is 6.19. The van der Waals surface area contributed by atoms with E-state index in [1.807, 2.05) is 6.92 Å². The molecular formula is C10H10ClFO. The van der Waals surface area contributed by atoms with Gasteiger partial charge in [-0.05, 0) is 24.1 Å². The van der Waals surface area contributed by atoms with Crippen LogP contribution in [0.4, 0.5) is 4.39 Å². The Hall–Kier alpha value is -0.890. The number of hydrogen-bond acceptors (Lipinski definition) is 1. The van der Waals surface area contributed by atoms with Gasteiger partial charge in [-0.1, -0.05) is 24.6 Å². The lowest BCUT2D eigenvalue weighted by Gasteiger charge is -2.07. The van der Waals surface area contributed by atoms with E-state index in [-0.39, 0.29) is 10.9 Å². The van der Waals surface area contributed by atoms with Crippen molar-refractivity contribution in [2.75, 3.05) is 0 Å². The van der Waals surface area contributed by atoms with Gasteiger partial charge in [0.1, 0.15) is 12.1 Å². The van der Waals surface area contributed by atoms with Gasteiger partial charge in [-0.25, -0.2) is 4.39 Å². The lowest BCUT2D eigenvalue weighted by atomic mass is 9.98. The highest BCUT2D eigenvalue weighted by Crippen LogP contribution is 2.22. The van der Waals surface area contributed by atoms with Crippen LogP contribution in [-0.4, -0.2) is 6.29 Å². The van der Waals surface area contributed by atoms with E-state index >= 15 is 0 Å². The van der Waals surface area contributed by atoms with Crippen LogP contribution >= 0.6 is 11.6 Å². The molecule has 0 saturated heterocycles. The molecule has 0 bridgehead atoms. The van der Waals surface area contributed by atoms with Crippen LogP contribution in [0.5, 0.6) is 0 Å². The van der Waals surface area contributed by atoms with Gasteiger partial charge in [0, 0.05) is 5.92 Å². The van der Waals surface area contributed by atoms with Crippen LogP contribution in [0, 0.1) is 5.82 Å². The summed E-state index contributed by atoms with van der Waals surface area (Å²) in [7, 11) is 0. The number of rotatable bonds is 3. The minimum Gasteiger partial charge on any atom is -0.303 e. The maximum absolute atomic E-state index is 12.7. The van der Waals surface area contributed by atoms with Gasteiger partial charge in [-0.3, -0.25) is 0 Å². The van der Waals surface area contributed by atoms with Crippen molar-refractivity contribution in [2.24, 2.45) is 0 Å². The third kappa shape index (κ3) is 2.28. The molecule has 0 aliphatic carbocycles. The summed E-state index contributed by atoms with van der Waals surface area (Å²) < 4.78 is 12.7. The van der Waals surface area contributed by atoms with Crippen LogP contribution < -0.4 is 0 Å². The van der Waals surface area contributed by atoms with Crippen molar-refractivity contribution in [3.8, 4) is 0 Å². The van der Waals surface area contributed by atoms with Gasteiger partial charge in [0.05, 0.1) is 5.02 Å². The zero-order valence-corrected chi connectivity index (χ0v) is 8.01. The molecule has 1 atom stereocenters. The molecule has 1 rings (SSSR count). The van der Waals surface area contributed by atoms with E-state index in [1.54, 1.807) is 6.07 Å². The Kier molecular flexibility index (Phi) is 3.43. The molecule has 1 aromatic rings. The zero-order valence-electron chi connectivity index (χ0n) is 7.26. The molecule has 0 aliphatic rings. The second-order valence-electron chi connectivity index (χ2n) is 2.82. The highest BCUT2D eigenvalue weighted by Gasteiger charge is 2.09. The zero-order chi connectivity index (χ0) is 9.84. The van der Waals surface area contributed by atoms with Crippen molar-refractivity contribution >= 4 is 17.9 Å². The fourth-order valence-corrected chi connectivity index (χ4v) is 1.34. The van der Waals surface area contributed by atoms with Crippen LogP contribution in [0.25, 0.3) is 0 Å². The number of hydrogen-bond donors (Lipinski definition) is 0. The van der Waals surface area contributed by atoms with E-state index in [0.29, 0.717) is 6.42 Å². The monoisotopic (exact) mass is 200 g/mol. The minimum absolute atomic E-state index is 0.0674. The van der Waals surface area contributed by atoms with E-state index < -0.39 is 5.82 Å². The Morgan fingerprint density at radius 3 is 2.77 bits per heavy atom. The van der Waals surface area contributed by atoms with Gasteiger partial charge in [0.2, 0.25) is 0 Å². The fraction of sp³-hybridized carbons (Fsp3) is 0.300. The van der Waals surface area contributed by atoms with Crippen LogP contribution in [0.1, 0.15) is 24.8 Å². The molecular weight excluding hydrogens is 191 g/mol. The first-order valence-corrected chi connectivity index (χ1v) is 4.47. The van der Waals surface area contributed by atoms with Crippen LogP contribution in [0.2, 0.25) is 5.02 Å². The first kappa shape index (κ1) is 10.2. The number of benzene rings is 1. The maximum atomic E-state index is 12.7. The molecule has 0 radical (unpaired) electrons. The summed E-state index contributed by atoms with van der Waals surface area (Å²) in [6.07, 6.45) is 1.55. The van der Waals surface area contributed by atoms with Crippen molar-refractivity contribution < 1.29 is 9.18 Å². The van der Waals surface area contributed by atoms with Crippen LogP contribution in [0.3, 0.4) is 0 Å². The van der Waals surface area contributed by atoms with Gasteiger partial charge in [-0.15, -0.1) is 0 Å². The summed E-state index contributed by atoms with van der Waals surface area (Å²) in [6.45, 7) is 1.90. The standard InChI is InChI=1S/C10H10ClFO/c1-2-7(6-13)8-3-4-10(12)9(11)5-8/h3-7H,2H2,1H3. The normalized spacial score (nSPS) is 12.5. The van der Waals surface area contributed by atoms with Crippen LogP contribution in [-0.2, 0) is 4.79 Å². The molecule has 13 heavy (non-hydrogen) atoms. The van der Waals surface area contributed by atoms with Gasteiger partial charge < -0.3 is 4.79 Å². The molecule has 0 amide bonds. The Morgan fingerprint density at radius 1 is 1.62 bits per heavy atom. The fourth-order valence-electron chi connectivity index (χ4n) is 1.15. The lowest BCUT2D eigenvalue weighted by molar-refractivity contribution is -0.109. The van der Waals surface area contributed by atoms with Gasteiger partial charge >= 0.3 is 0 Å². The highest BCUT2D eigenvalue weighted by molar-refractivity contribution is 6.30. The molecule has 0 saturated carbocycles. The van der Waals surface area contributed by atoms with E-state index in [4.69, 9.17) is 11.6 Å². The molecule has 0 fully saturated rings. The summed E-state index contributed by atoms with van der Waals surface area (Å²) in [5.41, 5.74) is 0.768. The predicted molar refractivity (Wildman–Crippen MR) is 50.5 cm³/mol. The van der Waals surface area contributed by atoms with E-state index in [9.17, 15) is 9.18 Å². The van der Waals surface area contributed by atoms with Crippen molar-refractivity contribution in [3.05, 3.63) is 34.6 Å². The van der Waals surface area contributed by atoms with E-state index in [0.717, 1.165) is 11.8 Å². The third-order valence-corrected chi connectivity index (χ3v) is 2.27. The Labute approximate surface area is 81.5 Å². The van der Waals surface area contributed by atoms with Crippen molar-refractivity contribution in [2.45, 2.75) is 19.3 Å². The number of halogens is 2. The Morgan fingerprint density at radius 2 is 2.31 bits per heavy atom. The largest absolute Gasteiger partial charge is 0.303 e. The quantitative estimate of drug-likeness (QED) is 0.685. The maximum Gasteiger partial charge on any atom is 0.141 e. The molecule has 0 N–H and O–H groups in total. The number of aldehydes is 1. The average molecular weight is 201 g/mol. The second-order valence-corrected chi connectivity index (χ2v) is 3.23. The molecule has 3 heteroatoms. The van der Waals surface area contributed by atoms with Crippen molar-refractivity contribution in [1.29, 1.82) is 0 Å². The summed E-state index contributed by atoms with van der Waals surface area (Å²) in [5.74, 6) is -0.635. The van der Waals surface area contributed by atoms with E-state index in [2.05, 4.69) is 0 Å². The van der Waals surface area contributed by atoms with E-state index in [1.165, 1.54) is 12.1 Å². The smallest absolute Gasteiger partial charge is 0.141 e. The summed E-state index contributed by atoms with van der Waals surface area (Å²) in [5, 5.41) is 0.0674. The lowest BCUT2D eigenvalue weighted by Crippen LogP contribution is -1.98.